The Morgan fingerprint density at radius 3 is 2.93 bits per heavy atom. The third-order valence-corrected chi connectivity index (χ3v) is 6.52. The van der Waals surface area contributed by atoms with E-state index in [1.807, 2.05) is 0 Å². The minimum Gasteiger partial charge on any atom is -0.455 e. The van der Waals surface area contributed by atoms with Gasteiger partial charge in [-0.1, -0.05) is 35.7 Å². The second kappa shape index (κ2) is 7.16. The summed E-state index contributed by atoms with van der Waals surface area (Å²) in [6.45, 7) is 2.19. The first kappa shape index (κ1) is 18.9. The van der Waals surface area contributed by atoms with Crippen molar-refractivity contribution in [1.82, 2.24) is 5.43 Å². The number of nitrogens with zero attached hydrogens (tertiary/aromatic N) is 2. The molecule has 2 saturated carbocycles. The van der Waals surface area contributed by atoms with Gasteiger partial charge in [0.25, 0.3) is 5.69 Å². The molecule has 146 valence electrons. The lowest BCUT2D eigenvalue weighted by molar-refractivity contribution is -0.384. The third kappa shape index (κ3) is 3.37. The van der Waals surface area contributed by atoms with E-state index in [0.717, 1.165) is 12.8 Å². The van der Waals surface area contributed by atoms with Crippen molar-refractivity contribution < 1.29 is 14.1 Å². The first-order valence-corrected chi connectivity index (χ1v) is 10.1. The average molecular weight is 446 g/mol. The number of furan rings is 1. The molecule has 2 aliphatic carbocycles. The summed E-state index contributed by atoms with van der Waals surface area (Å²) in [5.74, 6) is 1.26. The zero-order valence-electron chi connectivity index (χ0n) is 15.4. The number of benzene rings is 1. The SMILES string of the molecule is C[C@]12CCCC[C@H]1[C@H]2C(=O)N/N=C\c1ccc(-c2ccc(Br)cc2[N+](=O)[O-])o1. The molecule has 2 fully saturated rings. The van der Waals surface area contributed by atoms with Crippen LogP contribution in [0.3, 0.4) is 0 Å². The Labute approximate surface area is 170 Å². The Bertz CT molecular complexity index is 970. The molecule has 1 aromatic carbocycles. The van der Waals surface area contributed by atoms with Crippen LogP contribution in [0.15, 0.2) is 44.3 Å². The van der Waals surface area contributed by atoms with Gasteiger partial charge in [0.1, 0.15) is 11.5 Å². The second-order valence-corrected chi connectivity index (χ2v) is 8.61. The number of amides is 1. The van der Waals surface area contributed by atoms with Crippen LogP contribution < -0.4 is 5.43 Å². The van der Waals surface area contributed by atoms with Crippen LogP contribution in [0.1, 0.15) is 38.4 Å². The Morgan fingerprint density at radius 2 is 2.21 bits per heavy atom. The Kier molecular flexibility index (Phi) is 4.82. The van der Waals surface area contributed by atoms with E-state index in [1.165, 1.54) is 25.1 Å². The summed E-state index contributed by atoms with van der Waals surface area (Å²) < 4.78 is 6.27. The summed E-state index contributed by atoms with van der Waals surface area (Å²) in [7, 11) is 0. The van der Waals surface area contributed by atoms with Gasteiger partial charge in [-0.05, 0) is 48.4 Å². The molecule has 0 aliphatic heterocycles. The predicted octanol–water partition coefficient (Wildman–Crippen LogP) is 4.89. The van der Waals surface area contributed by atoms with Crippen LogP contribution in [0.2, 0.25) is 0 Å². The minimum absolute atomic E-state index is 0.0408. The smallest absolute Gasteiger partial charge is 0.281 e. The fourth-order valence-electron chi connectivity index (χ4n) is 4.51. The van der Waals surface area contributed by atoms with Gasteiger partial charge in [-0.2, -0.15) is 5.10 Å². The zero-order chi connectivity index (χ0) is 19.9. The number of halogens is 1. The zero-order valence-corrected chi connectivity index (χ0v) is 16.9. The highest BCUT2D eigenvalue weighted by molar-refractivity contribution is 9.10. The summed E-state index contributed by atoms with van der Waals surface area (Å²) >= 11 is 3.24. The van der Waals surface area contributed by atoms with E-state index >= 15 is 0 Å². The number of hydrogen-bond acceptors (Lipinski definition) is 5. The molecule has 1 aromatic heterocycles. The number of hydrogen-bond donors (Lipinski definition) is 1. The van der Waals surface area contributed by atoms with Crippen molar-refractivity contribution in [3.05, 3.63) is 50.7 Å². The number of rotatable bonds is 5. The van der Waals surface area contributed by atoms with Crippen LogP contribution in [0.25, 0.3) is 11.3 Å². The highest BCUT2D eigenvalue weighted by atomic mass is 79.9. The van der Waals surface area contributed by atoms with E-state index in [0.29, 0.717) is 27.5 Å². The fourth-order valence-corrected chi connectivity index (χ4v) is 4.86. The lowest BCUT2D eigenvalue weighted by Gasteiger charge is -2.15. The average Bonchev–Trinajstić information content (AvgIpc) is 3.02. The van der Waals surface area contributed by atoms with Crippen LogP contribution in [-0.2, 0) is 4.79 Å². The number of nitrogens with one attached hydrogen (secondary N) is 1. The van der Waals surface area contributed by atoms with Crippen molar-refractivity contribution in [1.29, 1.82) is 0 Å². The monoisotopic (exact) mass is 445 g/mol. The molecule has 1 amide bonds. The van der Waals surface area contributed by atoms with Crippen molar-refractivity contribution in [2.45, 2.75) is 32.6 Å². The molecule has 0 unspecified atom stereocenters. The second-order valence-electron chi connectivity index (χ2n) is 7.69. The van der Waals surface area contributed by atoms with E-state index in [1.54, 1.807) is 24.3 Å². The highest BCUT2D eigenvalue weighted by Crippen LogP contribution is 2.66. The molecule has 0 bridgehead atoms. The van der Waals surface area contributed by atoms with E-state index in [-0.39, 0.29) is 22.9 Å². The molecule has 0 radical (unpaired) electrons. The number of nitro groups is 1. The molecule has 8 heteroatoms. The van der Waals surface area contributed by atoms with Gasteiger partial charge in [0, 0.05) is 16.5 Å². The molecule has 1 heterocycles. The quantitative estimate of drug-likeness (QED) is 0.402. The van der Waals surface area contributed by atoms with E-state index in [2.05, 4.69) is 33.4 Å². The molecule has 28 heavy (non-hydrogen) atoms. The van der Waals surface area contributed by atoms with Gasteiger partial charge in [0.05, 0.1) is 16.7 Å². The molecule has 1 N–H and O–H groups in total. The maximum atomic E-state index is 12.4. The number of carbonyl (C=O) groups is 1. The number of nitro benzene ring substituents is 1. The molecular formula is C20H20BrN3O4. The summed E-state index contributed by atoms with van der Waals surface area (Å²) in [5.41, 5.74) is 3.08. The van der Waals surface area contributed by atoms with Gasteiger partial charge in [-0.3, -0.25) is 14.9 Å². The van der Waals surface area contributed by atoms with Crippen LogP contribution in [0.4, 0.5) is 5.69 Å². The Balaban J connectivity index is 1.43. The molecule has 0 spiro atoms. The number of fused-ring (bicyclic) bond motifs is 1. The van der Waals surface area contributed by atoms with Crippen molar-refractivity contribution in [2.24, 2.45) is 22.4 Å². The fraction of sp³-hybridized carbons (Fsp3) is 0.400. The molecule has 2 aromatic rings. The van der Waals surface area contributed by atoms with E-state index < -0.39 is 4.92 Å². The van der Waals surface area contributed by atoms with Gasteiger partial charge in [-0.15, -0.1) is 0 Å². The third-order valence-electron chi connectivity index (χ3n) is 6.03. The van der Waals surface area contributed by atoms with Gasteiger partial charge in [-0.25, -0.2) is 5.43 Å². The lowest BCUT2D eigenvalue weighted by Crippen LogP contribution is -2.22. The predicted molar refractivity (Wildman–Crippen MR) is 108 cm³/mol. The Morgan fingerprint density at radius 1 is 1.39 bits per heavy atom. The maximum absolute atomic E-state index is 12.4. The maximum Gasteiger partial charge on any atom is 0.281 e. The Hall–Kier alpha value is -2.48. The lowest BCUT2D eigenvalue weighted by atomic mass is 9.90. The molecule has 0 saturated heterocycles. The molecular weight excluding hydrogens is 426 g/mol. The first-order chi connectivity index (χ1) is 13.4. The molecule has 3 atom stereocenters. The number of hydrazone groups is 1. The van der Waals surface area contributed by atoms with Gasteiger partial charge in [0.15, 0.2) is 0 Å². The van der Waals surface area contributed by atoms with Crippen LogP contribution in [0.5, 0.6) is 0 Å². The molecule has 2 aliphatic rings. The van der Waals surface area contributed by atoms with Crippen molar-refractivity contribution in [3.63, 3.8) is 0 Å². The van der Waals surface area contributed by atoms with Crippen molar-refractivity contribution in [2.75, 3.05) is 0 Å². The topological polar surface area (TPSA) is 97.7 Å². The van der Waals surface area contributed by atoms with Crippen LogP contribution in [0, 0.1) is 27.4 Å². The van der Waals surface area contributed by atoms with Crippen LogP contribution >= 0.6 is 15.9 Å². The molecule has 7 nitrogen and oxygen atoms in total. The number of carbonyl (C=O) groups excluding carboxylic acids is 1. The molecule has 4 rings (SSSR count). The normalized spacial score (nSPS) is 26.1. The minimum atomic E-state index is -0.452. The van der Waals surface area contributed by atoms with Crippen molar-refractivity contribution >= 4 is 33.7 Å². The van der Waals surface area contributed by atoms with Gasteiger partial charge < -0.3 is 4.42 Å². The summed E-state index contributed by atoms with van der Waals surface area (Å²) in [6, 6.07) is 8.08. The first-order valence-electron chi connectivity index (χ1n) is 9.27. The largest absolute Gasteiger partial charge is 0.455 e. The van der Waals surface area contributed by atoms with Gasteiger partial charge >= 0.3 is 0 Å². The van der Waals surface area contributed by atoms with Gasteiger partial charge in [0.2, 0.25) is 5.91 Å². The van der Waals surface area contributed by atoms with E-state index in [9.17, 15) is 14.9 Å². The van der Waals surface area contributed by atoms with Crippen LogP contribution in [-0.4, -0.2) is 17.0 Å². The summed E-state index contributed by atoms with van der Waals surface area (Å²) in [5, 5.41) is 15.3. The highest BCUT2D eigenvalue weighted by Gasteiger charge is 2.64. The van der Waals surface area contributed by atoms with Crippen molar-refractivity contribution in [3.8, 4) is 11.3 Å². The standard InChI is InChI=1S/C20H20BrN3O4/c1-20-9-3-2-4-15(20)18(20)19(25)23-22-11-13-6-8-17(28-13)14-7-5-12(21)10-16(14)24(26)27/h5-8,10-11,15,18H,2-4,9H2,1H3,(H,23,25)/b22-11-/t15-,18-,20-/m0/s1. The summed E-state index contributed by atoms with van der Waals surface area (Å²) in [6.07, 6.45) is 6.03. The van der Waals surface area contributed by atoms with E-state index in [4.69, 9.17) is 4.42 Å². The summed E-state index contributed by atoms with van der Waals surface area (Å²) in [4.78, 5) is 23.2.